The standard InChI is InChI=1S/C3H3BrClF3/c4-2(1-5)3(6,7)8/h2H,1H2/t2-/m0/s1. The molecule has 5 heteroatoms. The molecule has 0 nitrogen and oxygen atoms in total. The molecule has 0 unspecified atom stereocenters. The lowest BCUT2D eigenvalue weighted by Gasteiger charge is -2.08. The highest BCUT2D eigenvalue weighted by molar-refractivity contribution is 9.09. The maximum Gasteiger partial charge on any atom is 0.402 e. The van der Waals surface area contributed by atoms with Gasteiger partial charge in [-0.1, -0.05) is 15.9 Å². The molecule has 0 saturated carbocycles. The maximum atomic E-state index is 11.3. The van der Waals surface area contributed by atoms with Crippen molar-refractivity contribution in [3.05, 3.63) is 0 Å². The molecule has 1 atom stereocenters. The third-order valence-corrected chi connectivity index (χ3v) is 2.01. The van der Waals surface area contributed by atoms with Gasteiger partial charge in [0.05, 0.1) is 0 Å². The number of alkyl halides is 5. The van der Waals surface area contributed by atoms with Crippen molar-refractivity contribution in [2.75, 3.05) is 5.88 Å². The van der Waals surface area contributed by atoms with Gasteiger partial charge in [0.15, 0.2) is 0 Å². The molecule has 0 saturated heterocycles. The van der Waals surface area contributed by atoms with E-state index in [2.05, 4.69) is 15.9 Å². The van der Waals surface area contributed by atoms with Gasteiger partial charge >= 0.3 is 6.18 Å². The average molecular weight is 211 g/mol. The van der Waals surface area contributed by atoms with Gasteiger partial charge in [-0.05, 0) is 0 Å². The van der Waals surface area contributed by atoms with Crippen molar-refractivity contribution in [2.45, 2.75) is 11.0 Å². The lowest BCUT2D eigenvalue weighted by molar-refractivity contribution is -0.123. The molecule has 0 aromatic carbocycles. The largest absolute Gasteiger partial charge is 0.402 e. The minimum Gasteiger partial charge on any atom is -0.170 e. The van der Waals surface area contributed by atoms with Gasteiger partial charge in [-0.25, -0.2) is 0 Å². The summed E-state index contributed by atoms with van der Waals surface area (Å²) in [7, 11) is 0. The molecule has 0 fully saturated rings. The second-order valence-corrected chi connectivity index (χ2v) is 2.58. The van der Waals surface area contributed by atoms with Crippen LogP contribution in [0.3, 0.4) is 0 Å². The summed E-state index contributed by atoms with van der Waals surface area (Å²) in [6.45, 7) is 0. The SMILES string of the molecule is FC(F)(F)[C@@H](Br)CCl. The van der Waals surface area contributed by atoms with Crippen LogP contribution in [0.4, 0.5) is 13.2 Å². The Bertz CT molecular complexity index is 71.4. The summed E-state index contributed by atoms with van der Waals surface area (Å²) in [5.41, 5.74) is 0. The molecule has 0 radical (unpaired) electrons. The van der Waals surface area contributed by atoms with Gasteiger partial charge in [0, 0.05) is 5.88 Å². The Morgan fingerprint density at radius 3 is 1.88 bits per heavy atom. The summed E-state index contributed by atoms with van der Waals surface area (Å²) in [6.07, 6.45) is -4.21. The van der Waals surface area contributed by atoms with Crippen molar-refractivity contribution in [1.29, 1.82) is 0 Å². The van der Waals surface area contributed by atoms with Crippen LogP contribution in [0, 0.1) is 0 Å². The minimum atomic E-state index is -4.21. The van der Waals surface area contributed by atoms with Gasteiger partial charge in [0.2, 0.25) is 0 Å². The van der Waals surface area contributed by atoms with E-state index < -0.39 is 16.9 Å². The first-order valence-corrected chi connectivity index (χ1v) is 3.20. The van der Waals surface area contributed by atoms with Crippen LogP contribution in [0.25, 0.3) is 0 Å². The van der Waals surface area contributed by atoms with Crippen molar-refractivity contribution in [3.63, 3.8) is 0 Å². The van der Waals surface area contributed by atoms with Crippen molar-refractivity contribution < 1.29 is 13.2 Å². The summed E-state index contributed by atoms with van der Waals surface area (Å²) < 4.78 is 34.0. The molecule has 0 bridgehead atoms. The van der Waals surface area contributed by atoms with Crippen LogP contribution in [0.5, 0.6) is 0 Å². The molecule has 0 rings (SSSR count). The molecule has 0 aliphatic heterocycles. The number of halogens is 5. The summed E-state index contributed by atoms with van der Waals surface area (Å²) in [5.74, 6) is -0.441. The Hall–Kier alpha value is 0.560. The van der Waals surface area contributed by atoms with E-state index in [9.17, 15) is 13.2 Å². The van der Waals surface area contributed by atoms with E-state index in [4.69, 9.17) is 11.6 Å². The predicted molar refractivity (Wildman–Crippen MR) is 29.5 cm³/mol. The van der Waals surface area contributed by atoms with Crippen LogP contribution in [-0.4, -0.2) is 16.9 Å². The Kier molecular flexibility index (Phi) is 3.12. The third kappa shape index (κ3) is 2.77. The smallest absolute Gasteiger partial charge is 0.170 e. The highest BCUT2D eigenvalue weighted by Gasteiger charge is 2.36. The highest BCUT2D eigenvalue weighted by Crippen LogP contribution is 2.26. The average Bonchev–Trinajstić information content (AvgIpc) is 1.62. The van der Waals surface area contributed by atoms with Crippen LogP contribution < -0.4 is 0 Å². The van der Waals surface area contributed by atoms with Crippen LogP contribution in [-0.2, 0) is 0 Å². The third-order valence-electron chi connectivity index (χ3n) is 0.491. The first-order valence-electron chi connectivity index (χ1n) is 1.75. The van der Waals surface area contributed by atoms with Gasteiger partial charge in [-0.3, -0.25) is 0 Å². The van der Waals surface area contributed by atoms with Gasteiger partial charge in [0.1, 0.15) is 4.83 Å². The van der Waals surface area contributed by atoms with E-state index >= 15 is 0 Å². The van der Waals surface area contributed by atoms with Crippen molar-refractivity contribution in [2.24, 2.45) is 0 Å². The van der Waals surface area contributed by atoms with E-state index in [1.165, 1.54) is 0 Å². The molecule has 0 heterocycles. The first kappa shape index (κ1) is 8.56. The second kappa shape index (κ2) is 2.92. The summed E-state index contributed by atoms with van der Waals surface area (Å²) in [6, 6.07) is 0. The van der Waals surface area contributed by atoms with Crippen LogP contribution in [0.15, 0.2) is 0 Å². The topological polar surface area (TPSA) is 0 Å². The Morgan fingerprint density at radius 2 is 1.88 bits per heavy atom. The summed E-state index contributed by atoms with van der Waals surface area (Å²) in [4.78, 5) is -1.57. The lowest BCUT2D eigenvalue weighted by atomic mass is 10.5. The molecule has 0 aliphatic rings. The van der Waals surface area contributed by atoms with E-state index in [0.29, 0.717) is 0 Å². The first-order chi connectivity index (χ1) is 3.48. The summed E-state index contributed by atoms with van der Waals surface area (Å²) in [5, 5.41) is 0. The number of hydrogen-bond donors (Lipinski definition) is 0. The Labute approximate surface area is 58.1 Å². The molecule has 0 spiro atoms. The molecule has 0 N–H and O–H groups in total. The van der Waals surface area contributed by atoms with Crippen LogP contribution in [0.2, 0.25) is 0 Å². The van der Waals surface area contributed by atoms with E-state index in [0.717, 1.165) is 0 Å². The molecular formula is C3H3BrClF3. The molecular weight excluding hydrogens is 208 g/mol. The van der Waals surface area contributed by atoms with E-state index in [-0.39, 0.29) is 0 Å². The van der Waals surface area contributed by atoms with Crippen LogP contribution in [0.1, 0.15) is 0 Å². The van der Waals surface area contributed by atoms with Crippen LogP contribution >= 0.6 is 27.5 Å². The Morgan fingerprint density at radius 1 is 1.50 bits per heavy atom. The monoisotopic (exact) mass is 210 g/mol. The fourth-order valence-electron chi connectivity index (χ4n) is 0.0875. The van der Waals surface area contributed by atoms with Gasteiger partial charge in [-0.15, -0.1) is 11.6 Å². The lowest BCUT2D eigenvalue weighted by Crippen LogP contribution is -2.23. The van der Waals surface area contributed by atoms with Gasteiger partial charge < -0.3 is 0 Å². The van der Waals surface area contributed by atoms with Crippen molar-refractivity contribution in [3.8, 4) is 0 Å². The fourth-order valence-corrected chi connectivity index (χ4v) is 0.262. The van der Waals surface area contributed by atoms with Gasteiger partial charge in [-0.2, -0.15) is 13.2 Å². The normalized spacial score (nSPS) is 16.1. The quantitative estimate of drug-likeness (QED) is 0.585. The molecule has 50 valence electrons. The second-order valence-electron chi connectivity index (χ2n) is 1.16. The number of hydrogen-bond acceptors (Lipinski definition) is 0. The number of rotatable bonds is 1. The fraction of sp³-hybridized carbons (Fsp3) is 1.00. The maximum absolute atomic E-state index is 11.3. The zero-order valence-electron chi connectivity index (χ0n) is 3.67. The Balaban J connectivity index is 3.62. The van der Waals surface area contributed by atoms with E-state index in [1.54, 1.807) is 0 Å². The molecule has 0 aliphatic carbocycles. The predicted octanol–water partition coefficient (Wildman–Crippen LogP) is 2.55. The summed E-state index contributed by atoms with van der Waals surface area (Å²) >= 11 is 7.21. The van der Waals surface area contributed by atoms with Gasteiger partial charge in [0.25, 0.3) is 0 Å². The zero-order valence-corrected chi connectivity index (χ0v) is 6.02. The molecule has 8 heavy (non-hydrogen) atoms. The minimum absolute atomic E-state index is 0.441. The molecule has 0 amide bonds. The highest BCUT2D eigenvalue weighted by atomic mass is 79.9. The van der Waals surface area contributed by atoms with E-state index in [1.807, 2.05) is 0 Å². The van der Waals surface area contributed by atoms with Crippen molar-refractivity contribution in [1.82, 2.24) is 0 Å². The van der Waals surface area contributed by atoms with Crippen molar-refractivity contribution >= 4 is 27.5 Å². The molecule has 0 aromatic rings. The molecule has 0 aromatic heterocycles. The zero-order chi connectivity index (χ0) is 6.78.